The summed E-state index contributed by atoms with van der Waals surface area (Å²) < 4.78 is 34.0. The number of nitrogens with zero attached hydrogens (tertiary/aromatic N) is 1. The molecule has 0 spiro atoms. The average Bonchev–Trinajstić information content (AvgIpc) is 3.26. The fourth-order valence-electron chi connectivity index (χ4n) is 4.65. The largest absolute Gasteiger partial charge is 0.493 e. The van der Waals surface area contributed by atoms with Crippen molar-refractivity contribution in [1.82, 2.24) is 0 Å². The molecule has 2 aromatic carbocycles. The van der Waals surface area contributed by atoms with Crippen molar-refractivity contribution < 1.29 is 37.7 Å². The van der Waals surface area contributed by atoms with Gasteiger partial charge in [-0.2, -0.15) is 0 Å². The first-order valence-corrected chi connectivity index (χ1v) is 10.5. The van der Waals surface area contributed by atoms with Gasteiger partial charge in [-0.1, -0.05) is 0 Å². The van der Waals surface area contributed by atoms with Crippen LogP contribution in [0.4, 0.5) is 0 Å². The third kappa shape index (κ3) is 3.58. The molecule has 2 heterocycles. The van der Waals surface area contributed by atoms with Crippen molar-refractivity contribution in [2.24, 2.45) is 0 Å². The Morgan fingerprint density at radius 1 is 0.969 bits per heavy atom. The van der Waals surface area contributed by atoms with Crippen LogP contribution in [0.2, 0.25) is 0 Å². The minimum atomic E-state index is -0.116. The van der Waals surface area contributed by atoms with Crippen molar-refractivity contribution in [1.29, 1.82) is 0 Å². The van der Waals surface area contributed by atoms with E-state index in [4.69, 9.17) is 28.4 Å². The number of fused-ring (bicyclic) bond motifs is 2. The molecule has 0 bridgehead atoms. The van der Waals surface area contributed by atoms with Crippen LogP contribution in [-0.2, 0) is 6.42 Å². The fourth-order valence-corrected chi connectivity index (χ4v) is 4.65. The number of benzene rings is 2. The van der Waals surface area contributed by atoms with E-state index in [1.807, 2.05) is 6.07 Å². The van der Waals surface area contributed by atoms with Crippen LogP contribution in [0.15, 0.2) is 18.2 Å². The van der Waals surface area contributed by atoms with Crippen LogP contribution < -0.4 is 28.4 Å². The Hall–Kier alpha value is -3.13. The molecule has 2 aliphatic rings. The number of likely N-dealkylation sites (N-methyl/N-ethyl adjacent to an activating group) is 1. The van der Waals surface area contributed by atoms with Crippen LogP contribution in [0.5, 0.6) is 34.5 Å². The molecule has 2 aromatic rings. The van der Waals surface area contributed by atoms with Gasteiger partial charge in [-0.05, 0) is 23.8 Å². The smallest absolute Gasteiger partial charge is 0.231 e. The number of carbonyl (C=O) groups is 1. The minimum absolute atomic E-state index is 0.0203. The number of carbonyl (C=O) groups excluding carboxylic acids is 1. The molecular formula is C24H30NO7+. The highest BCUT2D eigenvalue weighted by Crippen LogP contribution is 2.51. The highest BCUT2D eigenvalue weighted by Gasteiger charge is 2.42. The first kappa shape index (κ1) is 22.1. The number of ketones is 1. The molecule has 0 saturated heterocycles. The number of quaternary nitrogens is 1. The fraction of sp³-hybridized carbons (Fsp3) is 0.458. The molecule has 8 nitrogen and oxygen atoms in total. The monoisotopic (exact) mass is 444 g/mol. The molecule has 0 amide bonds. The van der Waals surface area contributed by atoms with E-state index in [1.165, 1.54) is 21.3 Å². The van der Waals surface area contributed by atoms with Gasteiger partial charge in [0.05, 0.1) is 61.1 Å². The lowest BCUT2D eigenvalue weighted by atomic mass is 9.86. The van der Waals surface area contributed by atoms with Gasteiger partial charge in [0.1, 0.15) is 6.04 Å². The number of hydrogen-bond acceptors (Lipinski definition) is 7. The molecule has 0 N–H and O–H groups in total. The maximum absolute atomic E-state index is 13.5. The van der Waals surface area contributed by atoms with Gasteiger partial charge in [0.25, 0.3) is 0 Å². The summed E-state index contributed by atoms with van der Waals surface area (Å²) in [6, 6.07) is 5.31. The zero-order valence-electron chi connectivity index (χ0n) is 19.4. The van der Waals surface area contributed by atoms with E-state index in [0.29, 0.717) is 44.5 Å². The summed E-state index contributed by atoms with van der Waals surface area (Å²) in [4.78, 5) is 13.5. The lowest BCUT2D eigenvalue weighted by molar-refractivity contribution is -0.922. The van der Waals surface area contributed by atoms with Crippen molar-refractivity contribution in [3.05, 3.63) is 34.9 Å². The average molecular weight is 445 g/mol. The molecule has 32 heavy (non-hydrogen) atoms. The topological polar surface area (TPSA) is 72.5 Å². The zero-order valence-corrected chi connectivity index (χ0v) is 19.4. The second-order valence-corrected chi connectivity index (χ2v) is 8.53. The summed E-state index contributed by atoms with van der Waals surface area (Å²) in [7, 11) is 10.5. The van der Waals surface area contributed by atoms with E-state index in [1.54, 1.807) is 19.2 Å². The van der Waals surface area contributed by atoms with Gasteiger partial charge in [0.15, 0.2) is 28.8 Å². The third-order valence-corrected chi connectivity index (χ3v) is 6.45. The first-order valence-electron chi connectivity index (χ1n) is 10.5. The van der Waals surface area contributed by atoms with Gasteiger partial charge in [-0.15, -0.1) is 0 Å². The minimum Gasteiger partial charge on any atom is -0.493 e. The Bertz CT molecular complexity index is 1020. The summed E-state index contributed by atoms with van der Waals surface area (Å²) in [6.07, 6.45) is 1.15. The van der Waals surface area contributed by atoms with E-state index in [-0.39, 0.29) is 25.0 Å². The molecule has 0 aliphatic carbocycles. The quantitative estimate of drug-likeness (QED) is 0.479. The van der Waals surface area contributed by atoms with Crippen molar-refractivity contribution in [3.63, 3.8) is 0 Å². The molecule has 0 radical (unpaired) electrons. The molecule has 0 fully saturated rings. The summed E-state index contributed by atoms with van der Waals surface area (Å²) in [5, 5.41) is 0. The standard InChI is InChI=1S/C24H30NO7/c1-25(2)8-7-14-9-20-23(32-13-31-20)24(30-6)21(14)16(25)12-17(26)15-10-18(27-3)22(29-5)19(11-15)28-4/h9-11,16H,7-8,12-13H2,1-6H3/q+1. The predicted molar refractivity (Wildman–Crippen MR) is 118 cm³/mol. The van der Waals surface area contributed by atoms with Crippen LogP contribution in [0.1, 0.15) is 33.9 Å². The van der Waals surface area contributed by atoms with Gasteiger partial charge >= 0.3 is 0 Å². The SMILES string of the molecule is COc1cc(C(=O)CC2c3c(cc4c(c3OC)OCO4)CC[N+]2(C)C)cc(OC)c1OC. The van der Waals surface area contributed by atoms with Gasteiger partial charge in [-0.25, -0.2) is 0 Å². The highest BCUT2D eigenvalue weighted by atomic mass is 16.7. The second-order valence-electron chi connectivity index (χ2n) is 8.53. The summed E-state index contributed by atoms with van der Waals surface area (Å²) in [5.41, 5.74) is 2.64. The van der Waals surface area contributed by atoms with Crippen LogP contribution in [0.3, 0.4) is 0 Å². The predicted octanol–water partition coefficient (Wildman–Crippen LogP) is 3.40. The van der Waals surface area contributed by atoms with Gasteiger partial charge in [0, 0.05) is 12.0 Å². The Morgan fingerprint density at radius 2 is 1.62 bits per heavy atom. The van der Waals surface area contributed by atoms with Crippen molar-refractivity contribution in [2.75, 3.05) is 55.9 Å². The Kier molecular flexibility index (Phi) is 5.81. The van der Waals surface area contributed by atoms with Crippen molar-refractivity contribution in [3.8, 4) is 34.5 Å². The van der Waals surface area contributed by atoms with E-state index in [0.717, 1.165) is 24.1 Å². The third-order valence-electron chi connectivity index (χ3n) is 6.45. The molecule has 4 rings (SSSR count). The molecule has 8 heteroatoms. The second kappa shape index (κ2) is 8.43. The summed E-state index contributed by atoms with van der Waals surface area (Å²) in [6.45, 7) is 1.06. The lowest BCUT2D eigenvalue weighted by Crippen LogP contribution is -2.48. The van der Waals surface area contributed by atoms with Gasteiger partial charge < -0.3 is 32.9 Å². The maximum atomic E-state index is 13.5. The normalized spacial score (nSPS) is 18.0. The lowest BCUT2D eigenvalue weighted by Gasteiger charge is -2.43. The van der Waals surface area contributed by atoms with E-state index < -0.39 is 0 Å². The number of rotatable bonds is 7. The molecule has 2 aliphatic heterocycles. The summed E-state index contributed by atoms with van der Waals surface area (Å²) in [5.74, 6) is 3.31. The number of ether oxygens (including phenoxy) is 6. The molecule has 0 saturated carbocycles. The summed E-state index contributed by atoms with van der Waals surface area (Å²) >= 11 is 0. The Balaban J connectivity index is 1.76. The van der Waals surface area contributed by atoms with Crippen molar-refractivity contribution >= 4 is 5.78 Å². The van der Waals surface area contributed by atoms with E-state index >= 15 is 0 Å². The maximum Gasteiger partial charge on any atom is 0.231 e. The van der Waals surface area contributed by atoms with E-state index in [9.17, 15) is 4.79 Å². The number of Topliss-reactive ketones (excluding diaryl/α,β-unsaturated/α-hetero) is 1. The highest BCUT2D eigenvalue weighted by molar-refractivity contribution is 5.98. The van der Waals surface area contributed by atoms with Gasteiger partial charge in [-0.3, -0.25) is 4.79 Å². The van der Waals surface area contributed by atoms with E-state index in [2.05, 4.69) is 14.1 Å². The number of methoxy groups -OCH3 is 4. The van der Waals surface area contributed by atoms with Gasteiger partial charge in [0.2, 0.25) is 18.3 Å². The zero-order chi connectivity index (χ0) is 23.0. The van der Waals surface area contributed by atoms with Crippen LogP contribution in [-0.4, -0.2) is 66.1 Å². The Morgan fingerprint density at radius 3 is 2.22 bits per heavy atom. The first-order chi connectivity index (χ1) is 15.3. The molecular weight excluding hydrogens is 414 g/mol. The number of hydrogen-bond donors (Lipinski definition) is 0. The molecule has 1 unspecified atom stereocenters. The molecule has 172 valence electrons. The van der Waals surface area contributed by atoms with Crippen LogP contribution in [0.25, 0.3) is 0 Å². The Labute approximate surface area is 188 Å². The molecule has 0 aromatic heterocycles. The molecule has 1 atom stereocenters. The van der Waals surface area contributed by atoms with Crippen molar-refractivity contribution in [2.45, 2.75) is 18.9 Å². The van der Waals surface area contributed by atoms with Crippen LogP contribution >= 0.6 is 0 Å². The van der Waals surface area contributed by atoms with Crippen LogP contribution in [0, 0.1) is 0 Å².